The van der Waals surface area contributed by atoms with Gasteiger partial charge in [-0.25, -0.2) is 19.3 Å². The minimum Gasteiger partial charge on any atom is -0.459 e. The van der Waals surface area contributed by atoms with Crippen molar-refractivity contribution in [1.29, 1.82) is 0 Å². The average Bonchev–Trinajstić information content (AvgIpc) is 3.23. The fourth-order valence-corrected chi connectivity index (χ4v) is 3.65. The molecule has 0 radical (unpaired) electrons. The van der Waals surface area contributed by atoms with Crippen molar-refractivity contribution in [1.82, 2.24) is 20.9 Å². The van der Waals surface area contributed by atoms with Crippen LogP contribution in [0.4, 0.5) is 9.59 Å². The first-order valence-electron chi connectivity index (χ1n) is 12.9. The number of nitrogens with zero attached hydrogens (tertiary/aromatic N) is 1. The van der Waals surface area contributed by atoms with Gasteiger partial charge in [0.2, 0.25) is 11.8 Å². The molecule has 40 heavy (non-hydrogen) atoms. The second-order valence-corrected chi connectivity index (χ2v) is 10.7. The molecule has 0 spiro atoms. The van der Waals surface area contributed by atoms with E-state index >= 15 is 0 Å². The molecule has 0 bridgehead atoms. The Labute approximate surface area is 233 Å². The van der Waals surface area contributed by atoms with E-state index in [-0.39, 0.29) is 19.6 Å². The van der Waals surface area contributed by atoms with Gasteiger partial charge in [0.05, 0.1) is 19.0 Å². The van der Waals surface area contributed by atoms with Gasteiger partial charge in [0.25, 0.3) is 5.91 Å². The highest BCUT2D eigenvalue weighted by Gasteiger charge is 2.43. The highest BCUT2D eigenvalue weighted by molar-refractivity contribution is 5.98. The van der Waals surface area contributed by atoms with Crippen molar-refractivity contribution in [3.8, 4) is 0 Å². The summed E-state index contributed by atoms with van der Waals surface area (Å²) in [5, 5.41) is 7.31. The first-order valence-corrected chi connectivity index (χ1v) is 12.9. The van der Waals surface area contributed by atoms with Gasteiger partial charge in [-0.3, -0.25) is 14.4 Å². The first kappa shape index (κ1) is 32.1. The lowest BCUT2D eigenvalue weighted by Gasteiger charge is -2.28. The number of hydrogen-bond donors (Lipinski definition) is 3. The lowest BCUT2D eigenvalue weighted by atomic mass is 10.0. The van der Waals surface area contributed by atoms with Crippen molar-refractivity contribution in [2.24, 2.45) is 5.92 Å². The van der Waals surface area contributed by atoms with E-state index in [0.717, 1.165) is 10.5 Å². The fourth-order valence-electron chi connectivity index (χ4n) is 3.65. The van der Waals surface area contributed by atoms with Crippen LogP contribution in [0.1, 0.15) is 53.5 Å². The first-order chi connectivity index (χ1) is 18.7. The molecule has 3 atom stereocenters. The molecule has 1 aromatic rings. The molecule has 1 aliphatic rings. The fraction of sp³-hybridized carbons (Fsp3) is 0.556. The van der Waals surface area contributed by atoms with Gasteiger partial charge in [0.15, 0.2) is 0 Å². The summed E-state index contributed by atoms with van der Waals surface area (Å²) >= 11 is 0. The average molecular weight is 563 g/mol. The summed E-state index contributed by atoms with van der Waals surface area (Å²) in [6, 6.07) is 6.03. The van der Waals surface area contributed by atoms with Gasteiger partial charge in [0, 0.05) is 0 Å². The van der Waals surface area contributed by atoms with E-state index in [1.165, 1.54) is 6.92 Å². The number of imide groups is 1. The Bertz CT molecular complexity index is 1090. The number of amides is 5. The number of esters is 1. The maximum absolute atomic E-state index is 13.2. The Kier molecular flexibility index (Phi) is 11.5. The molecule has 0 unspecified atom stereocenters. The number of alkyl carbamates (subject to hydrolysis) is 1. The van der Waals surface area contributed by atoms with Crippen molar-refractivity contribution in [2.75, 3.05) is 13.2 Å². The largest absolute Gasteiger partial charge is 0.459 e. The maximum atomic E-state index is 13.2. The van der Waals surface area contributed by atoms with Crippen molar-refractivity contribution in [3.63, 3.8) is 0 Å². The van der Waals surface area contributed by atoms with Crippen LogP contribution in [0.3, 0.4) is 0 Å². The number of cyclic esters (lactones) is 1. The SMILES string of the molecule is CC(C)[C@H](NC(=O)OC(C)(C)C)C(=O)N1C(=O)OC[C@@H]1CC(=O)NCC(=O)N[C@@H](C)C(=O)OCc1ccccc1. The van der Waals surface area contributed by atoms with Gasteiger partial charge in [0.1, 0.15) is 30.9 Å². The number of nitrogens with one attached hydrogen (secondary N) is 3. The van der Waals surface area contributed by atoms with Crippen LogP contribution in [0.25, 0.3) is 0 Å². The molecule has 3 N–H and O–H groups in total. The third kappa shape index (κ3) is 10.2. The normalized spacial score (nSPS) is 16.4. The number of benzene rings is 1. The smallest absolute Gasteiger partial charge is 0.417 e. The Morgan fingerprint density at radius 1 is 1.02 bits per heavy atom. The van der Waals surface area contributed by atoms with E-state index < -0.39 is 72.1 Å². The molecule has 1 heterocycles. The molecule has 2 rings (SSSR count). The number of carbonyl (C=O) groups excluding carboxylic acids is 6. The van der Waals surface area contributed by atoms with E-state index in [9.17, 15) is 28.8 Å². The van der Waals surface area contributed by atoms with E-state index in [1.54, 1.807) is 46.8 Å². The molecule has 1 aromatic carbocycles. The molecule has 1 saturated heterocycles. The summed E-state index contributed by atoms with van der Waals surface area (Å²) in [4.78, 5) is 75.5. The van der Waals surface area contributed by atoms with Gasteiger partial charge in [-0.2, -0.15) is 0 Å². The number of carbonyl (C=O) groups is 6. The molecule has 13 heteroatoms. The summed E-state index contributed by atoms with van der Waals surface area (Å²) in [6.45, 7) is 9.20. The second-order valence-electron chi connectivity index (χ2n) is 10.7. The summed E-state index contributed by atoms with van der Waals surface area (Å²) in [7, 11) is 0. The second kappa shape index (κ2) is 14.3. The summed E-state index contributed by atoms with van der Waals surface area (Å²) in [6.07, 6.45) is -2.11. The molecule has 220 valence electrons. The van der Waals surface area contributed by atoms with E-state index in [2.05, 4.69) is 16.0 Å². The molecular formula is C27H38N4O9. The Hall–Kier alpha value is -4.16. The predicted molar refractivity (Wildman–Crippen MR) is 141 cm³/mol. The Morgan fingerprint density at radius 2 is 1.68 bits per heavy atom. The van der Waals surface area contributed by atoms with Gasteiger partial charge < -0.3 is 30.2 Å². The third-order valence-corrected chi connectivity index (χ3v) is 5.63. The van der Waals surface area contributed by atoms with Crippen molar-refractivity contribution in [2.45, 2.75) is 78.3 Å². The molecule has 1 fully saturated rings. The van der Waals surface area contributed by atoms with E-state index in [0.29, 0.717) is 0 Å². The molecule has 13 nitrogen and oxygen atoms in total. The maximum Gasteiger partial charge on any atom is 0.417 e. The zero-order valence-electron chi connectivity index (χ0n) is 23.6. The van der Waals surface area contributed by atoms with Crippen LogP contribution >= 0.6 is 0 Å². The predicted octanol–water partition coefficient (Wildman–Crippen LogP) is 1.64. The van der Waals surface area contributed by atoms with Crippen molar-refractivity contribution >= 4 is 35.9 Å². The highest BCUT2D eigenvalue weighted by Crippen LogP contribution is 2.20. The van der Waals surface area contributed by atoms with Crippen LogP contribution in [-0.2, 0) is 40.0 Å². The number of ether oxygens (including phenoxy) is 3. The summed E-state index contributed by atoms with van der Waals surface area (Å²) in [5.74, 6) is -3.06. The van der Waals surface area contributed by atoms with Gasteiger partial charge in [-0.1, -0.05) is 44.2 Å². The summed E-state index contributed by atoms with van der Waals surface area (Å²) in [5.41, 5.74) is -0.00195. The quantitative estimate of drug-likeness (QED) is 0.268. The van der Waals surface area contributed by atoms with Gasteiger partial charge >= 0.3 is 18.2 Å². The van der Waals surface area contributed by atoms with Crippen molar-refractivity contribution in [3.05, 3.63) is 35.9 Å². The Morgan fingerprint density at radius 3 is 2.27 bits per heavy atom. The van der Waals surface area contributed by atoms with Crippen LogP contribution in [0.5, 0.6) is 0 Å². The molecule has 0 aromatic heterocycles. The topological polar surface area (TPSA) is 169 Å². The van der Waals surface area contributed by atoms with Crippen LogP contribution < -0.4 is 16.0 Å². The zero-order chi connectivity index (χ0) is 30.0. The lowest BCUT2D eigenvalue weighted by Crippen LogP contribution is -2.55. The molecule has 1 aliphatic heterocycles. The van der Waals surface area contributed by atoms with E-state index in [4.69, 9.17) is 14.2 Å². The van der Waals surface area contributed by atoms with Crippen LogP contribution in [0.15, 0.2) is 30.3 Å². The number of rotatable bonds is 11. The number of hydrogen-bond acceptors (Lipinski definition) is 9. The van der Waals surface area contributed by atoms with E-state index in [1.807, 2.05) is 18.2 Å². The van der Waals surface area contributed by atoms with Crippen LogP contribution in [0, 0.1) is 5.92 Å². The molecular weight excluding hydrogens is 524 g/mol. The minimum atomic E-state index is -1.11. The highest BCUT2D eigenvalue weighted by atomic mass is 16.6. The minimum absolute atomic E-state index is 0.0545. The van der Waals surface area contributed by atoms with Gasteiger partial charge in [-0.05, 0) is 39.2 Å². The lowest BCUT2D eigenvalue weighted by molar-refractivity contribution is -0.148. The van der Waals surface area contributed by atoms with Crippen LogP contribution in [0.2, 0.25) is 0 Å². The Balaban J connectivity index is 1.87. The molecule has 0 aliphatic carbocycles. The monoisotopic (exact) mass is 562 g/mol. The van der Waals surface area contributed by atoms with Crippen molar-refractivity contribution < 1.29 is 43.0 Å². The van der Waals surface area contributed by atoms with Gasteiger partial charge in [-0.15, -0.1) is 0 Å². The standard InChI is InChI=1S/C27H38N4O9/c1-16(2)22(30-25(36)40-27(4,5)6)23(34)31-19(15-39-26(31)37)12-20(32)28-13-21(33)29-17(3)24(35)38-14-18-10-8-7-9-11-18/h7-11,16-17,19,22H,12-15H2,1-6H3,(H,28,32)(H,29,33)(H,30,36)/t17-,19-,22-/m0/s1. The third-order valence-electron chi connectivity index (χ3n) is 5.63. The zero-order valence-corrected chi connectivity index (χ0v) is 23.6. The molecule has 5 amide bonds. The summed E-state index contributed by atoms with van der Waals surface area (Å²) < 4.78 is 15.4. The van der Waals surface area contributed by atoms with Crippen LogP contribution in [-0.4, -0.2) is 77.7 Å². The molecule has 0 saturated carbocycles.